The number of hydrogen-bond donors (Lipinski definition) is 2. The molecule has 0 aliphatic rings. The van der Waals surface area contributed by atoms with Crippen molar-refractivity contribution in [1.82, 2.24) is 10.6 Å². The van der Waals surface area contributed by atoms with Gasteiger partial charge in [-0.25, -0.2) is 8.42 Å². The van der Waals surface area contributed by atoms with Crippen LogP contribution in [0.1, 0.15) is 19.4 Å². The molecule has 0 saturated carbocycles. The van der Waals surface area contributed by atoms with Gasteiger partial charge in [-0.15, -0.1) is 24.0 Å². The molecule has 8 heteroatoms. The van der Waals surface area contributed by atoms with Gasteiger partial charge in [0.05, 0.1) is 19.0 Å². The van der Waals surface area contributed by atoms with E-state index in [0.717, 1.165) is 6.54 Å². The molecule has 0 spiro atoms. The molecule has 1 aromatic carbocycles. The van der Waals surface area contributed by atoms with Gasteiger partial charge in [0.1, 0.15) is 9.84 Å². The van der Waals surface area contributed by atoms with Gasteiger partial charge in [-0.2, -0.15) is 0 Å². The fourth-order valence-corrected chi connectivity index (χ4v) is 2.49. The van der Waals surface area contributed by atoms with Crippen molar-refractivity contribution in [3.05, 3.63) is 35.9 Å². The van der Waals surface area contributed by atoms with E-state index in [1.165, 1.54) is 11.8 Å². The molecule has 144 valence electrons. The van der Waals surface area contributed by atoms with Gasteiger partial charge in [0.15, 0.2) is 5.96 Å². The van der Waals surface area contributed by atoms with E-state index >= 15 is 0 Å². The van der Waals surface area contributed by atoms with Gasteiger partial charge in [0, 0.05) is 31.8 Å². The van der Waals surface area contributed by atoms with Gasteiger partial charge in [-0.3, -0.25) is 4.99 Å². The van der Waals surface area contributed by atoms with Crippen LogP contribution < -0.4 is 10.6 Å². The minimum atomic E-state index is -2.97. The van der Waals surface area contributed by atoms with Crippen LogP contribution in [0.25, 0.3) is 0 Å². The predicted molar refractivity (Wildman–Crippen MR) is 115 cm³/mol. The Bertz CT molecular complexity index is 619. The van der Waals surface area contributed by atoms with E-state index in [1.54, 1.807) is 7.05 Å². The SMILES string of the molecule is CN=C(NCCOCCS(C)(=O)=O)NCC(C)(C)c1ccccc1.I. The zero-order valence-electron chi connectivity index (χ0n) is 15.4. The van der Waals surface area contributed by atoms with Gasteiger partial charge in [0.25, 0.3) is 0 Å². The number of sulfone groups is 1. The Morgan fingerprint density at radius 2 is 1.80 bits per heavy atom. The zero-order chi connectivity index (χ0) is 18.1. The number of nitrogens with zero attached hydrogens (tertiary/aromatic N) is 1. The molecule has 0 bridgehead atoms. The Hall–Kier alpha value is -0.870. The standard InChI is InChI=1S/C17H29N3O3S.HI/c1-17(2,15-8-6-5-7-9-15)14-20-16(18-3)19-10-11-23-12-13-24(4,21)22;/h5-9H,10-14H2,1-4H3,(H2,18,19,20);1H. The molecule has 1 aromatic rings. The van der Waals surface area contributed by atoms with Crippen molar-refractivity contribution in [2.24, 2.45) is 4.99 Å². The minimum Gasteiger partial charge on any atom is -0.379 e. The smallest absolute Gasteiger partial charge is 0.191 e. The van der Waals surface area contributed by atoms with Crippen LogP contribution in [0, 0.1) is 0 Å². The lowest BCUT2D eigenvalue weighted by Crippen LogP contribution is -2.44. The third kappa shape index (κ3) is 10.7. The molecular weight excluding hydrogens is 453 g/mol. The lowest BCUT2D eigenvalue weighted by molar-refractivity contribution is 0.154. The molecule has 25 heavy (non-hydrogen) atoms. The number of ether oxygens (including phenoxy) is 1. The molecular formula is C17H30IN3O3S. The molecule has 0 saturated heterocycles. The Kier molecular flexibility index (Phi) is 11.3. The Labute approximate surface area is 168 Å². The summed E-state index contributed by atoms with van der Waals surface area (Å²) in [7, 11) is -1.25. The third-order valence-corrected chi connectivity index (χ3v) is 4.52. The average molecular weight is 483 g/mol. The maximum Gasteiger partial charge on any atom is 0.191 e. The zero-order valence-corrected chi connectivity index (χ0v) is 18.6. The highest BCUT2D eigenvalue weighted by molar-refractivity contribution is 14.0. The fraction of sp³-hybridized carbons (Fsp3) is 0.588. The molecule has 0 amide bonds. The summed E-state index contributed by atoms with van der Waals surface area (Å²) in [6, 6.07) is 10.3. The molecule has 0 radical (unpaired) electrons. The van der Waals surface area contributed by atoms with E-state index < -0.39 is 9.84 Å². The maximum atomic E-state index is 11.0. The first-order valence-electron chi connectivity index (χ1n) is 8.00. The van der Waals surface area contributed by atoms with Crippen LogP contribution >= 0.6 is 24.0 Å². The van der Waals surface area contributed by atoms with Crippen molar-refractivity contribution in [2.75, 3.05) is 45.4 Å². The number of guanidine groups is 1. The summed E-state index contributed by atoms with van der Waals surface area (Å²) in [5.41, 5.74) is 1.24. The number of rotatable bonds is 9. The summed E-state index contributed by atoms with van der Waals surface area (Å²) >= 11 is 0. The monoisotopic (exact) mass is 483 g/mol. The molecule has 0 heterocycles. The second-order valence-corrected chi connectivity index (χ2v) is 8.60. The normalized spacial score (nSPS) is 12.4. The quantitative estimate of drug-likeness (QED) is 0.243. The summed E-state index contributed by atoms with van der Waals surface area (Å²) in [4.78, 5) is 4.18. The molecule has 0 fully saturated rings. The predicted octanol–water partition coefficient (Wildman–Crippen LogP) is 1.81. The van der Waals surface area contributed by atoms with Gasteiger partial charge in [0.2, 0.25) is 0 Å². The highest BCUT2D eigenvalue weighted by Crippen LogP contribution is 2.21. The van der Waals surface area contributed by atoms with Crippen LogP contribution in [0.15, 0.2) is 35.3 Å². The van der Waals surface area contributed by atoms with Crippen LogP contribution in [0.5, 0.6) is 0 Å². The minimum absolute atomic E-state index is 0. The Balaban J connectivity index is 0.00000576. The first-order chi connectivity index (χ1) is 11.2. The van der Waals surface area contributed by atoms with Crippen molar-refractivity contribution >= 4 is 39.8 Å². The van der Waals surface area contributed by atoms with Crippen LogP contribution in [0.3, 0.4) is 0 Å². The van der Waals surface area contributed by atoms with Gasteiger partial charge < -0.3 is 15.4 Å². The lowest BCUT2D eigenvalue weighted by atomic mass is 9.85. The average Bonchev–Trinajstić information content (AvgIpc) is 2.53. The largest absolute Gasteiger partial charge is 0.379 e. The topological polar surface area (TPSA) is 79.8 Å². The van der Waals surface area contributed by atoms with Gasteiger partial charge in [-0.05, 0) is 5.56 Å². The second kappa shape index (κ2) is 11.7. The molecule has 0 aliphatic heterocycles. The van der Waals surface area contributed by atoms with Gasteiger partial charge >= 0.3 is 0 Å². The first-order valence-corrected chi connectivity index (χ1v) is 10.1. The molecule has 1 rings (SSSR count). The van der Waals surface area contributed by atoms with Crippen molar-refractivity contribution in [3.63, 3.8) is 0 Å². The van der Waals surface area contributed by atoms with Crippen LogP contribution in [0.4, 0.5) is 0 Å². The maximum absolute atomic E-state index is 11.0. The van der Waals surface area contributed by atoms with E-state index in [0.29, 0.717) is 19.1 Å². The van der Waals surface area contributed by atoms with Crippen molar-refractivity contribution in [3.8, 4) is 0 Å². The van der Waals surface area contributed by atoms with Crippen LogP contribution in [0.2, 0.25) is 0 Å². The number of hydrogen-bond acceptors (Lipinski definition) is 4. The first kappa shape index (κ1) is 24.1. The molecule has 6 nitrogen and oxygen atoms in total. The van der Waals surface area contributed by atoms with Crippen molar-refractivity contribution < 1.29 is 13.2 Å². The fourth-order valence-electron chi connectivity index (χ4n) is 2.07. The van der Waals surface area contributed by atoms with E-state index in [9.17, 15) is 8.42 Å². The highest BCUT2D eigenvalue weighted by atomic mass is 127. The Morgan fingerprint density at radius 3 is 2.36 bits per heavy atom. The Morgan fingerprint density at radius 1 is 1.16 bits per heavy atom. The van der Waals surface area contributed by atoms with E-state index in [4.69, 9.17) is 4.74 Å². The second-order valence-electron chi connectivity index (χ2n) is 6.34. The van der Waals surface area contributed by atoms with Crippen LogP contribution in [-0.4, -0.2) is 59.7 Å². The molecule has 2 N–H and O–H groups in total. The lowest BCUT2D eigenvalue weighted by Gasteiger charge is -2.26. The summed E-state index contributed by atoms with van der Waals surface area (Å²) in [6.07, 6.45) is 1.20. The number of nitrogens with one attached hydrogen (secondary N) is 2. The van der Waals surface area contributed by atoms with Crippen LogP contribution in [-0.2, 0) is 20.0 Å². The molecule has 0 aliphatic carbocycles. The van der Waals surface area contributed by atoms with E-state index in [2.05, 4.69) is 41.6 Å². The van der Waals surface area contributed by atoms with E-state index in [-0.39, 0.29) is 41.8 Å². The van der Waals surface area contributed by atoms with Gasteiger partial charge in [-0.1, -0.05) is 44.2 Å². The molecule has 0 atom stereocenters. The molecule has 0 aromatic heterocycles. The summed E-state index contributed by atoms with van der Waals surface area (Å²) in [5, 5.41) is 6.47. The summed E-state index contributed by atoms with van der Waals surface area (Å²) < 4.78 is 27.3. The number of benzene rings is 1. The molecule has 0 unspecified atom stereocenters. The highest BCUT2D eigenvalue weighted by Gasteiger charge is 2.20. The number of halogens is 1. The number of aliphatic imine (C=N–C) groups is 1. The van der Waals surface area contributed by atoms with Crippen molar-refractivity contribution in [2.45, 2.75) is 19.3 Å². The van der Waals surface area contributed by atoms with Crippen molar-refractivity contribution in [1.29, 1.82) is 0 Å². The summed E-state index contributed by atoms with van der Waals surface area (Å²) in [6.45, 7) is 6.31. The van der Waals surface area contributed by atoms with E-state index in [1.807, 2.05) is 18.2 Å². The summed E-state index contributed by atoms with van der Waals surface area (Å²) in [5.74, 6) is 0.747. The third-order valence-electron chi connectivity index (χ3n) is 3.61.